The molecule has 1 aliphatic rings. The van der Waals surface area contributed by atoms with Crippen LogP contribution in [-0.2, 0) is 0 Å². The molecular weight excluding hydrogens is 623 g/mol. The van der Waals surface area contributed by atoms with Crippen molar-refractivity contribution in [1.82, 2.24) is 4.57 Å². The lowest BCUT2D eigenvalue weighted by Gasteiger charge is -2.23. The van der Waals surface area contributed by atoms with Crippen LogP contribution in [-0.4, -0.2) is 4.57 Å². The van der Waals surface area contributed by atoms with E-state index in [0.717, 1.165) is 78.7 Å². The van der Waals surface area contributed by atoms with Crippen molar-refractivity contribution in [2.75, 3.05) is 0 Å². The molecule has 0 N–H and O–H groups in total. The Labute approximate surface area is 296 Å². The first-order valence-corrected chi connectivity index (χ1v) is 17.3. The summed E-state index contributed by atoms with van der Waals surface area (Å²) in [6, 6.07) is 65.8. The van der Waals surface area contributed by atoms with Crippen molar-refractivity contribution in [3.05, 3.63) is 188 Å². The van der Waals surface area contributed by atoms with Gasteiger partial charge in [0.05, 0.1) is 11.0 Å². The van der Waals surface area contributed by atoms with Crippen LogP contribution in [0, 0.1) is 0 Å². The van der Waals surface area contributed by atoms with Crippen LogP contribution >= 0.6 is 0 Å². The second-order valence-electron chi connectivity index (χ2n) is 12.9. The van der Waals surface area contributed by atoms with Gasteiger partial charge in [0, 0.05) is 38.7 Å². The Morgan fingerprint density at radius 1 is 0.314 bits per heavy atom. The minimum absolute atomic E-state index is 0.762. The van der Waals surface area contributed by atoms with Crippen LogP contribution in [0.2, 0.25) is 0 Å². The number of benzene rings is 8. The molecule has 0 unspecified atom stereocenters. The van der Waals surface area contributed by atoms with Crippen LogP contribution in [0.15, 0.2) is 188 Å². The molecule has 0 spiro atoms. The Bertz CT molecular complexity index is 2740. The van der Waals surface area contributed by atoms with Crippen molar-refractivity contribution in [1.29, 1.82) is 0 Å². The summed E-state index contributed by atoms with van der Waals surface area (Å²) < 4.78 is 16.3. The fourth-order valence-electron chi connectivity index (χ4n) is 7.55. The Morgan fingerprint density at radius 2 is 0.882 bits per heavy atom. The summed E-state index contributed by atoms with van der Waals surface area (Å²) in [5.41, 5.74) is 11.7. The first kappa shape index (κ1) is 29.1. The third-order valence-corrected chi connectivity index (χ3v) is 9.89. The van der Waals surface area contributed by atoms with Crippen molar-refractivity contribution >= 4 is 21.8 Å². The number of ether oxygens (including phenoxy) is 2. The molecular formula is C48H31NO2. The van der Waals surface area contributed by atoms with Gasteiger partial charge < -0.3 is 14.0 Å². The minimum Gasteiger partial charge on any atom is -0.456 e. The average Bonchev–Trinajstić information content (AvgIpc) is 3.53. The van der Waals surface area contributed by atoms with Gasteiger partial charge in [0.2, 0.25) is 0 Å². The van der Waals surface area contributed by atoms with E-state index in [1.807, 2.05) is 42.5 Å². The SMILES string of the molecule is c1ccc(-c2ccc3c(c2)-c2c(cccc2-c2ccc4c5ccccc5n(-c5ccccc5)c4c2)Oc2ccccc2-c2ccccc2O3)cc1. The van der Waals surface area contributed by atoms with Crippen LogP contribution in [0.25, 0.3) is 72.0 Å². The predicted octanol–water partition coefficient (Wildman–Crippen LogP) is 13.3. The van der Waals surface area contributed by atoms with Crippen molar-refractivity contribution in [3.8, 4) is 73.2 Å². The third kappa shape index (κ3) is 4.90. The van der Waals surface area contributed by atoms with E-state index in [2.05, 4.69) is 150 Å². The number of aromatic nitrogens is 1. The first-order valence-electron chi connectivity index (χ1n) is 17.3. The number of hydrogen-bond donors (Lipinski definition) is 0. The maximum atomic E-state index is 7.01. The van der Waals surface area contributed by atoms with Gasteiger partial charge in [-0.3, -0.25) is 0 Å². The van der Waals surface area contributed by atoms with Gasteiger partial charge in [0.15, 0.2) is 0 Å². The second kappa shape index (κ2) is 11.9. The van der Waals surface area contributed by atoms with Crippen LogP contribution in [0.1, 0.15) is 0 Å². The fourth-order valence-corrected chi connectivity index (χ4v) is 7.55. The molecule has 10 rings (SSSR count). The number of para-hydroxylation sites is 4. The number of rotatable bonds is 3. The molecule has 0 amide bonds. The molecule has 0 radical (unpaired) electrons. The maximum Gasteiger partial charge on any atom is 0.136 e. The van der Waals surface area contributed by atoms with Gasteiger partial charge in [-0.05, 0) is 76.9 Å². The molecule has 240 valence electrons. The zero-order valence-corrected chi connectivity index (χ0v) is 27.7. The first-order chi connectivity index (χ1) is 25.3. The summed E-state index contributed by atoms with van der Waals surface area (Å²) in [6.07, 6.45) is 0. The van der Waals surface area contributed by atoms with E-state index in [4.69, 9.17) is 9.47 Å². The summed E-state index contributed by atoms with van der Waals surface area (Å²) in [4.78, 5) is 0. The number of fused-ring (bicyclic) bond motifs is 9. The second-order valence-corrected chi connectivity index (χ2v) is 12.9. The normalized spacial score (nSPS) is 11.8. The van der Waals surface area contributed by atoms with E-state index in [9.17, 15) is 0 Å². The fraction of sp³-hybridized carbons (Fsp3) is 0. The van der Waals surface area contributed by atoms with Gasteiger partial charge in [-0.1, -0.05) is 133 Å². The summed E-state index contributed by atoms with van der Waals surface area (Å²) in [7, 11) is 0. The average molecular weight is 654 g/mol. The van der Waals surface area contributed by atoms with Crippen LogP contribution in [0.5, 0.6) is 23.0 Å². The molecule has 0 fully saturated rings. The highest BCUT2D eigenvalue weighted by atomic mass is 16.5. The highest BCUT2D eigenvalue weighted by Gasteiger charge is 2.24. The summed E-state index contributed by atoms with van der Waals surface area (Å²) in [5.74, 6) is 3.07. The monoisotopic (exact) mass is 653 g/mol. The summed E-state index contributed by atoms with van der Waals surface area (Å²) in [5, 5.41) is 2.44. The highest BCUT2D eigenvalue weighted by Crippen LogP contribution is 2.51. The van der Waals surface area contributed by atoms with E-state index >= 15 is 0 Å². The Morgan fingerprint density at radius 3 is 1.67 bits per heavy atom. The molecule has 51 heavy (non-hydrogen) atoms. The Balaban J connectivity index is 1.27. The quantitative estimate of drug-likeness (QED) is 0.189. The van der Waals surface area contributed by atoms with E-state index < -0.39 is 0 Å². The summed E-state index contributed by atoms with van der Waals surface area (Å²) >= 11 is 0. The van der Waals surface area contributed by atoms with Crippen molar-refractivity contribution in [3.63, 3.8) is 0 Å². The molecule has 0 aliphatic carbocycles. The van der Waals surface area contributed by atoms with Crippen LogP contribution in [0.3, 0.4) is 0 Å². The number of nitrogens with zero attached hydrogens (tertiary/aromatic N) is 1. The topological polar surface area (TPSA) is 23.4 Å². The lowest BCUT2D eigenvalue weighted by Crippen LogP contribution is -1.99. The predicted molar refractivity (Wildman–Crippen MR) is 209 cm³/mol. The Kier molecular flexibility index (Phi) is 6.81. The van der Waals surface area contributed by atoms with E-state index in [1.54, 1.807) is 0 Å². The standard InChI is InChI=1S/C48H31NO2/c1-3-14-32(15-4-1)33-27-29-46-41(30-33)48-36(21-13-25-47(48)51-45-24-12-9-20-40(45)39-19-8-11-23-44(39)50-46)34-26-28-38-37-18-7-10-22-42(37)49(43(38)31-34)35-16-5-2-6-17-35/h1-31H. The zero-order valence-electron chi connectivity index (χ0n) is 27.7. The third-order valence-electron chi connectivity index (χ3n) is 9.89. The molecule has 3 nitrogen and oxygen atoms in total. The zero-order chi connectivity index (χ0) is 33.7. The lowest BCUT2D eigenvalue weighted by atomic mass is 9.90. The van der Waals surface area contributed by atoms with Crippen molar-refractivity contribution in [2.24, 2.45) is 0 Å². The maximum absolute atomic E-state index is 7.01. The van der Waals surface area contributed by atoms with Gasteiger partial charge in [-0.25, -0.2) is 0 Å². The van der Waals surface area contributed by atoms with Gasteiger partial charge in [0.1, 0.15) is 23.0 Å². The molecule has 2 heterocycles. The van der Waals surface area contributed by atoms with Crippen LogP contribution < -0.4 is 9.47 Å². The molecule has 1 aliphatic heterocycles. The molecule has 9 aromatic rings. The molecule has 3 heteroatoms. The molecule has 8 aromatic carbocycles. The van der Waals surface area contributed by atoms with E-state index in [1.165, 1.54) is 16.3 Å². The minimum atomic E-state index is 0.762. The lowest BCUT2D eigenvalue weighted by molar-refractivity contribution is 0.472. The van der Waals surface area contributed by atoms with Gasteiger partial charge >= 0.3 is 0 Å². The molecule has 0 saturated carbocycles. The molecule has 0 saturated heterocycles. The van der Waals surface area contributed by atoms with Gasteiger partial charge in [-0.2, -0.15) is 0 Å². The van der Waals surface area contributed by atoms with E-state index in [-0.39, 0.29) is 0 Å². The smallest absolute Gasteiger partial charge is 0.136 e. The highest BCUT2D eigenvalue weighted by molar-refractivity contribution is 6.10. The van der Waals surface area contributed by atoms with Gasteiger partial charge in [0.25, 0.3) is 0 Å². The molecule has 0 atom stereocenters. The van der Waals surface area contributed by atoms with Crippen molar-refractivity contribution in [2.45, 2.75) is 0 Å². The molecule has 1 aromatic heterocycles. The molecule has 0 bridgehead atoms. The Hall–Kier alpha value is -6.84. The number of hydrogen-bond acceptors (Lipinski definition) is 2. The van der Waals surface area contributed by atoms with Crippen LogP contribution in [0.4, 0.5) is 0 Å². The van der Waals surface area contributed by atoms with Crippen molar-refractivity contribution < 1.29 is 9.47 Å². The van der Waals surface area contributed by atoms with E-state index in [0.29, 0.717) is 0 Å². The largest absolute Gasteiger partial charge is 0.456 e. The van der Waals surface area contributed by atoms with Gasteiger partial charge in [-0.15, -0.1) is 0 Å². The summed E-state index contributed by atoms with van der Waals surface area (Å²) in [6.45, 7) is 0.